The summed E-state index contributed by atoms with van der Waals surface area (Å²) in [6, 6.07) is 15.6. The number of methoxy groups -OCH3 is 1. The monoisotopic (exact) mass is 325 g/mol. The highest BCUT2D eigenvalue weighted by Crippen LogP contribution is 2.29. The van der Waals surface area contributed by atoms with Gasteiger partial charge < -0.3 is 14.8 Å². The third-order valence-corrected chi connectivity index (χ3v) is 4.44. The van der Waals surface area contributed by atoms with E-state index in [2.05, 4.69) is 18.3 Å². The quantitative estimate of drug-likeness (QED) is 0.794. The molecule has 0 fully saturated rings. The largest absolute Gasteiger partial charge is 0.497 e. The molecule has 2 aromatic carbocycles. The van der Waals surface area contributed by atoms with Crippen molar-refractivity contribution < 1.29 is 14.3 Å². The van der Waals surface area contributed by atoms with E-state index in [1.165, 1.54) is 5.56 Å². The number of rotatable bonds is 7. The Labute approximate surface area is 142 Å². The molecule has 1 aliphatic heterocycles. The molecule has 1 heterocycles. The maximum atomic E-state index is 12.3. The van der Waals surface area contributed by atoms with E-state index >= 15 is 0 Å². The number of Topliss-reactive ketones (excluding diaryl/α,β-unsaturated/α-hetero) is 1. The Kier molecular flexibility index (Phi) is 5.16. The molecule has 2 atom stereocenters. The summed E-state index contributed by atoms with van der Waals surface area (Å²) in [4.78, 5) is 12.3. The van der Waals surface area contributed by atoms with Gasteiger partial charge in [-0.15, -0.1) is 0 Å². The molecule has 2 aromatic rings. The molecule has 0 saturated carbocycles. The highest BCUT2D eigenvalue weighted by Gasteiger charge is 2.27. The van der Waals surface area contributed by atoms with Gasteiger partial charge in [-0.05, 0) is 30.7 Å². The van der Waals surface area contributed by atoms with Crippen LogP contribution in [0.3, 0.4) is 0 Å². The van der Waals surface area contributed by atoms with Gasteiger partial charge in [-0.1, -0.05) is 30.3 Å². The first-order valence-electron chi connectivity index (χ1n) is 8.32. The van der Waals surface area contributed by atoms with E-state index in [1.807, 2.05) is 36.4 Å². The topological polar surface area (TPSA) is 47.6 Å². The minimum atomic E-state index is 0.115. The zero-order chi connectivity index (χ0) is 16.9. The number of carbonyl (C=O) groups is 1. The molecule has 1 aliphatic rings. The summed E-state index contributed by atoms with van der Waals surface area (Å²) in [7, 11) is 1.60. The van der Waals surface area contributed by atoms with Crippen molar-refractivity contribution in [3.8, 4) is 11.5 Å². The van der Waals surface area contributed by atoms with Gasteiger partial charge in [0.25, 0.3) is 0 Å². The Bertz CT molecular complexity index is 689. The predicted octanol–water partition coefficient (Wildman–Crippen LogP) is 3.25. The second-order valence-electron chi connectivity index (χ2n) is 6.12. The van der Waals surface area contributed by atoms with Crippen LogP contribution >= 0.6 is 0 Å². The number of nitrogens with one attached hydrogen (secondary N) is 1. The Morgan fingerprint density at radius 1 is 1.29 bits per heavy atom. The van der Waals surface area contributed by atoms with E-state index in [4.69, 9.17) is 9.47 Å². The first-order chi connectivity index (χ1) is 11.7. The van der Waals surface area contributed by atoms with Crippen LogP contribution in [-0.4, -0.2) is 31.6 Å². The summed E-state index contributed by atoms with van der Waals surface area (Å²) >= 11 is 0. The summed E-state index contributed by atoms with van der Waals surface area (Å²) in [6.07, 6.45) is 1.49. The fraction of sp³-hybridized carbons (Fsp3) is 0.350. The molecular weight excluding hydrogens is 302 g/mol. The number of ketones is 1. The molecule has 126 valence electrons. The van der Waals surface area contributed by atoms with E-state index in [0.29, 0.717) is 24.3 Å². The van der Waals surface area contributed by atoms with E-state index in [-0.39, 0.29) is 17.9 Å². The van der Waals surface area contributed by atoms with Crippen molar-refractivity contribution in [1.29, 1.82) is 0 Å². The van der Waals surface area contributed by atoms with Crippen LogP contribution in [0.15, 0.2) is 48.5 Å². The minimum Gasteiger partial charge on any atom is -0.497 e. The standard InChI is InChI=1S/C20H23NO3/c1-14(20-13-16-6-3-4-9-19(16)24-20)21-11-10-18(22)15-7-5-8-17(12-15)23-2/h3-9,12,14,20-21H,10-11,13H2,1-2H3. The zero-order valence-electron chi connectivity index (χ0n) is 14.1. The van der Waals surface area contributed by atoms with Gasteiger partial charge in [0.1, 0.15) is 17.6 Å². The fourth-order valence-electron chi connectivity index (χ4n) is 2.97. The van der Waals surface area contributed by atoms with Crippen LogP contribution < -0.4 is 14.8 Å². The molecule has 0 saturated heterocycles. The maximum absolute atomic E-state index is 12.3. The number of carbonyl (C=O) groups excluding carboxylic acids is 1. The predicted molar refractivity (Wildman–Crippen MR) is 94.0 cm³/mol. The van der Waals surface area contributed by atoms with Crippen molar-refractivity contribution in [2.75, 3.05) is 13.7 Å². The Morgan fingerprint density at radius 2 is 2.12 bits per heavy atom. The van der Waals surface area contributed by atoms with E-state index in [1.54, 1.807) is 13.2 Å². The molecule has 2 unspecified atom stereocenters. The molecule has 0 amide bonds. The second-order valence-corrected chi connectivity index (χ2v) is 6.12. The van der Waals surface area contributed by atoms with Gasteiger partial charge in [-0.25, -0.2) is 0 Å². The van der Waals surface area contributed by atoms with Crippen molar-refractivity contribution >= 4 is 5.78 Å². The lowest BCUT2D eigenvalue weighted by atomic mass is 10.0. The van der Waals surface area contributed by atoms with Crippen molar-refractivity contribution in [3.05, 3.63) is 59.7 Å². The normalized spacial score (nSPS) is 17.0. The highest BCUT2D eigenvalue weighted by molar-refractivity contribution is 5.96. The van der Waals surface area contributed by atoms with Crippen molar-refractivity contribution in [2.24, 2.45) is 0 Å². The number of fused-ring (bicyclic) bond motifs is 1. The first kappa shape index (κ1) is 16.5. The van der Waals surface area contributed by atoms with E-state index in [0.717, 1.165) is 12.2 Å². The fourth-order valence-corrected chi connectivity index (χ4v) is 2.97. The Balaban J connectivity index is 1.47. The third-order valence-electron chi connectivity index (χ3n) is 4.44. The zero-order valence-corrected chi connectivity index (χ0v) is 14.1. The molecule has 24 heavy (non-hydrogen) atoms. The number of para-hydroxylation sites is 1. The van der Waals surface area contributed by atoms with Crippen LogP contribution in [0.5, 0.6) is 11.5 Å². The van der Waals surface area contributed by atoms with Gasteiger partial charge in [0.15, 0.2) is 5.78 Å². The molecule has 0 aliphatic carbocycles. The van der Waals surface area contributed by atoms with Crippen LogP contribution in [0.4, 0.5) is 0 Å². The van der Waals surface area contributed by atoms with Crippen molar-refractivity contribution in [1.82, 2.24) is 5.32 Å². The molecular formula is C20H23NO3. The molecule has 3 rings (SSSR count). The number of hydrogen-bond acceptors (Lipinski definition) is 4. The average molecular weight is 325 g/mol. The van der Waals surface area contributed by atoms with E-state index in [9.17, 15) is 4.79 Å². The Morgan fingerprint density at radius 3 is 2.92 bits per heavy atom. The highest BCUT2D eigenvalue weighted by atomic mass is 16.5. The summed E-state index contributed by atoms with van der Waals surface area (Å²) in [6.45, 7) is 2.74. The molecule has 0 aromatic heterocycles. The maximum Gasteiger partial charge on any atom is 0.164 e. The van der Waals surface area contributed by atoms with Gasteiger partial charge in [-0.3, -0.25) is 4.79 Å². The van der Waals surface area contributed by atoms with Crippen LogP contribution in [0.2, 0.25) is 0 Å². The van der Waals surface area contributed by atoms with Crippen LogP contribution in [0.1, 0.15) is 29.3 Å². The molecule has 0 spiro atoms. The molecule has 0 bridgehead atoms. The van der Waals surface area contributed by atoms with Crippen LogP contribution in [0, 0.1) is 0 Å². The number of hydrogen-bond donors (Lipinski definition) is 1. The second kappa shape index (κ2) is 7.49. The summed E-state index contributed by atoms with van der Waals surface area (Å²) in [5.41, 5.74) is 1.94. The van der Waals surface area contributed by atoms with Crippen molar-refractivity contribution in [2.45, 2.75) is 31.9 Å². The number of ether oxygens (including phenoxy) is 2. The molecule has 4 nitrogen and oxygen atoms in total. The van der Waals surface area contributed by atoms with Gasteiger partial charge in [0.2, 0.25) is 0 Å². The first-order valence-corrected chi connectivity index (χ1v) is 8.32. The molecule has 4 heteroatoms. The SMILES string of the molecule is COc1cccc(C(=O)CCNC(C)C2Cc3ccccc3O2)c1. The average Bonchev–Trinajstić information content (AvgIpc) is 3.06. The lowest BCUT2D eigenvalue weighted by molar-refractivity contribution is 0.0978. The van der Waals surface area contributed by atoms with Gasteiger partial charge in [0.05, 0.1) is 7.11 Å². The van der Waals surface area contributed by atoms with Crippen LogP contribution in [-0.2, 0) is 6.42 Å². The summed E-state index contributed by atoms with van der Waals surface area (Å²) in [5, 5.41) is 3.41. The van der Waals surface area contributed by atoms with Gasteiger partial charge >= 0.3 is 0 Å². The lowest BCUT2D eigenvalue weighted by Crippen LogP contribution is -2.40. The van der Waals surface area contributed by atoms with Gasteiger partial charge in [0, 0.05) is 31.0 Å². The van der Waals surface area contributed by atoms with Gasteiger partial charge in [-0.2, -0.15) is 0 Å². The van der Waals surface area contributed by atoms with Crippen LogP contribution in [0.25, 0.3) is 0 Å². The smallest absolute Gasteiger partial charge is 0.164 e. The lowest BCUT2D eigenvalue weighted by Gasteiger charge is -2.20. The Hall–Kier alpha value is -2.33. The van der Waals surface area contributed by atoms with E-state index < -0.39 is 0 Å². The summed E-state index contributed by atoms with van der Waals surface area (Å²) < 4.78 is 11.1. The molecule has 0 radical (unpaired) electrons. The minimum absolute atomic E-state index is 0.115. The summed E-state index contributed by atoms with van der Waals surface area (Å²) in [5.74, 6) is 1.80. The third kappa shape index (κ3) is 3.77. The number of benzene rings is 2. The molecule has 1 N–H and O–H groups in total. The van der Waals surface area contributed by atoms with Crippen molar-refractivity contribution in [3.63, 3.8) is 0 Å².